The first kappa shape index (κ1) is 10.4. The van der Waals surface area contributed by atoms with Gasteiger partial charge in [0.2, 0.25) is 0 Å². The number of halogens is 1. The van der Waals surface area contributed by atoms with Crippen molar-refractivity contribution in [3.63, 3.8) is 0 Å². The Kier molecular flexibility index (Phi) is 2.37. The quantitative estimate of drug-likeness (QED) is 0.719. The highest BCUT2D eigenvalue weighted by atomic mass is 79.9. The minimum Gasteiger partial charge on any atom is -0.397 e. The van der Waals surface area contributed by atoms with E-state index < -0.39 is 0 Å². The lowest BCUT2D eigenvalue weighted by molar-refractivity contribution is 1.29. The first-order chi connectivity index (χ1) is 8.22. The number of aromatic nitrogens is 2. The number of nitrogen functional groups attached to an aromatic ring is 1. The van der Waals surface area contributed by atoms with Gasteiger partial charge in [0.1, 0.15) is 0 Å². The number of rotatable bonds is 1. The van der Waals surface area contributed by atoms with E-state index in [9.17, 15) is 0 Å². The third-order valence-corrected chi connectivity index (χ3v) is 3.14. The summed E-state index contributed by atoms with van der Waals surface area (Å²) in [6.45, 7) is 0. The van der Waals surface area contributed by atoms with Crippen molar-refractivity contribution in [3.8, 4) is 11.4 Å². The number of hydrogen-bond donors (Lipinski definition) is 2. The third-order valence-electron chi connectivity index (χ3n) is 2.65. The van der Waals surface area contributed by atoms with Crippen molar-refractivity contribution in [2.24, 2.45) is 0 Å². The molecule has 84 valence electrons. The van der Waals surface area contributed by atoms with Gasteiger partial charge < -0.3 is 10.7 Å². The number of aromatic amines is 1. The van der Waals surface area contributed by atoms with Gasteiger partial charge in [0.25, 0.3) is 0 Å². The molecule has 0 unspecified atom stereocenters. The van der Waals surface area contributed by atoms with Crippen LogP contribution in [0.1, 0.15) is 0 Å². The lowest BCUT2D eigenvalue weighted by atomic mass is 10.2. The molecular weight excluding hydrogens is 278 g/mol. The number of anilines is 1. The van der Waals surface area contributed by atoms with E-state index in [-0.39, 0.29) is 0 Å². The van der Waals surface area contributed by atoms with Crippen LogP contribution < -0.4 is 5.73 Å². The number of fused-ring (bicyclic) bond motifs is 1. The molecule has 2 heterocycles. The fraction of sp³-hybridized carbons (Fsp3) is 0. The van der Waals surface area contributed by atoms with Crippen LogP contribution in [0.2, 0.25) is 0 Å². The summed E-state index contributed by atoms with van der Waals surface area (Å²) in [6.07, 6.45) is 1.66. The molecule has 3 rings (SSSR count). The van der Waals surface area contributed by atoms with Gasteiger partial charge in [-0.25, -0.2) is 0 Å². The van der Waals surface area contributed by atoms with E-state index in [0.717, 1.165) is 21.4 Å². The molecule has 2 aromatic heterocycles. The number of nitrogens with zero attached hydrogens (tertiary/aromatic N) is 1. The topological polar surface area (TPSA) is 54.7 Å². The standard InChI is InChI=1S/C13H10BrN3/c14-9-2-1-8-5-13(17-12(8)6-9)11-4-3-10(15)7-16-11/h1-7,17H,15H2. The van der Waals surface area contributed by atoms with Crippen LogP contribution >= 0.6 is 15.9 Å². The van der Waals surface area contributed by atoms with E-state index in [1.54, 1.807) is 6.20 Å². The van der Waals surface area contributed by atoms with Crippen LogP contribution in [0.4, 0.5) is 5.69 Å². The van der Waals surface area contributed by atoms with Crippen LogP contribution in [0, 0.1) is 0 Å². The maximum atomic E-state index is 5.62. The minimum atomic E-state index is 0.674. The highest BCUT2D eigenvalue weighted by Crippen LogP contribution is 2.25. The Balaban J connectivity index is 2.14. The van der Waals surface area contributed by atoms with Gasteiger partial charge >= 0.3 is 0 Å². The van der Waals surface area contributed by atoms with E-state index in [0.29, 0.717) is 5.69 Å². The molecule has 0 aliphatic carbocycles. The molecule has 0 saturated carbocycles. The van der Waals surface area contributed by atoms with Crippen molar-refractivity contribution in [2.75, 3.05) is 5.73 Å². The molecule has 0 fully saturated rings. The van der Waals surface area contributed by atoms with Gasteiger partial charge in [0.05, 0.1) is 23.3 Å². The first-order valence-corrected chi connectivity index (χ1v) is 6.02. The van der Waals surface area contributed by atoms with E-state index >= 15 is 0 Å². The summed E-state index contributed by atoms with van der Waals surface area (Å²) in [5, 5.41) is 1.17. The Morgan fingerprint density at radius 2 is 2.00 bits per heavy atom. The second-order valence-corrected chi connectivity index (χ2v) is 4.81. The van der Waals surface area contributed by atoms with Gasteiger partial charge in [-0.2, -0.15) is 0 Å². The predicted molar refractivity (Wildman–Crippen MR) is 73.6 cm³/mol. The molecule has 0 aliphatic rings. The zero-order valence-electron chi connectivity index (χ0n) is 8.94. The molecule has 0 radical (unpaired) electrons. The molecule has 0 amide bonds. The maximum absolute atomic E-state index is 5.62. The van der Waals surface area contributed by atoms with E-state index in [4.69, 9.17) is 5.73 Å². The van der Waals surface area contributed by atoms with Gasteiger partial charge in [0, 0.05) is 15.4 Å². The number of pyridine rings is 1. The fourth-order valence-corrected chi connectivity index (χ4v) is 2.16. The van der Waals surface area contributed by atoms with Crippen LogP contribution in [0.5, 0.6) is 0 Å². The molecule has 0 bridgehead atoms. The summed E-state index contributed by atoms with van der Waals surface area (Å²) in [5.41, 5.74) is 9.28. The first-order valence-electron chi connectivity index (χ1n) is 5.22. The SMILES string of the molecule is Nc1ccc(-c2cc3ccc(Br)cc3[nH]2)nc1. The molecule has 0 spiro atoms. The highest BCUT2D eigenvalue weighted by Gasteiger charge is 2.04. The Bertz CT molecular complexity index is 671. The summed E-state index contributed by atoms with van der Waals surface area (Å²) in [7, 11) is 0. The normalized spacial score (nSPS) is 10.9. The number of nitrogens with two attached hydrogens (primary N) is 1. The Morgan fingerprint density at radius 1 is 1.12 bits per heavy atom. The average molecular weight is 288 g/mol. The molecule has 1 aromatic carbocycles. The summed E-state index contributed by atoms with van der Waals surface area (Å²) in [4.78, 5) is 7.64. The predicted octanol–water partition coefficient (Wildman–Crippen LogP) is 3.57. The van der Waals surface area contributed by atoms with Crippen molar-refractivity contribution in [3.05, 3.63) is 47.1 Å². The zero-order valence-corrected chi connectivity index (χ0v) is 10.5. The van der Waals surface area contributed by atoms with E-state index in [1.165, 1.54) is 5.39 Å². The van der Waals surface area contributed by atoms with Gasteiger partial charge in [-0.05, 0) is 30.3 Å². The van der Waals surface area contributed by atoms with Crippen LogP contribution in [-0.4, -0.2) is 9.97 Å². The Hall–Kier alpha value is -1.81. The molecular formula is C13H10BrN3. The molecule has 0 aliphatic heterocycles. The van der Waals surface area contributed by atoms with Crippen molar-refractivity contribution < 1.29 is 0 Å². The minimum absolute atomic E-state index is 0.674. The molecule has 17 heavy (non-hydrogen) atoms. The number of benzene rings is 1. The monoisotopic (exact) mass is 287 g/mol. The molecule has 0 atom stereocenters. The Labute approximate surface area is 107 Å². The zero-order chi connectivity index (χ0) is 11.8. The highest BCUT2D eigenvalue weighted by molar-refractivity contribution is 9.10. The van der Waals surface area contributed by atoms with Crippen molar-refractivity contribution in [1.82, 2.24) is 9.97 Å². The second-order valence-electron chi connectivity index (χ2n) is 3.89. The molecule has 3 N–H and O–H groups in total. The average Bonchev–Trinajstić information content (AvgIpc) is 2.72. The summed E-state index contributed by atoms with van der Waals surface area (Å²) in [6, 6.07) is 12.0. The van der Waals surface area contributed by atoms with Crippen molar-refractivity contribution >= 4 is 32.5 Å². The second kappa shape index (κ2) is 3.89. The summed E-state index contributed by atoms with van der Waals surface area (Å²) in [5.74, 6) is 0. The maximum Gasteiger partial charge on any atom is 0.0866 e. The smallest absolute Gasteiger partial charge is 0.0866 e. The lowest BCUT2D eigenvalue weighted by Gasteiger charge is -1.96. The summed E-state index contributed by atoms with van der Waals surface area (Å²) < 4.78 is 1.06. The van der Waals surface area contributed by atoms with Crippen LogP contribution in [0.25, 0.3) is 22.3 Å². The van der Waals surface area contributed by atoms with Crippen molar-refractivity contribution in [2.45, 2.75) is 0 Å². The lowest BCUT2D eigenvalue weighted by Crippen LogP contribution is -1.87. The fourth-order valence-electron chi connectivity index (χ4n) is 1.80. The van der Waals surface area contributed by atoms with Gasteiger partial charge in [-0.3, -0.25) is 4.98 Å². The van der Waals surface area contributed by atoms with Crippen molar-refractivity contribution in [1.29, 1.82) is 0 Å². The van der Waals surface area contributed by atoms with E-state index in [2.05, 4.69) is 44.1 Å². The largest absolute Gasteiger partial charge is 0.397 e. The number of H-pyrrole nitrogens is 1. The molecule has 0 saturated heterocycles. The summed E-state index contributed by atoms with van der Waals surface area (Å²) >= 11 is 3.46. The van der Waals surface area contributed by atoms with Crippen LogP contribution in [0.15, 0.2) is 47.1 Å². The van der Waals surface area contributed by atoms with Gasteiger partial charge in [-0.15, -0.1) is 0 Å². The van der Waals surface area contributed by atoms with Gasteiger partial charge in [0.15, 0.2) is 0 Å². The Morgan fingerprint density at radius 3 is 2.76 bits per heavy atom. The third kappa shape index (κ3) is 1.91. The number of hydrogen-bond acceptors (Lipinski definition) is 2. The van der Waals surface area contributed by atoms with Crippen LogP contribution in [-0.2, 0) is 0 Å². The molecule has 4 heteroatoms. The van der Waals surface area contributed by atoms with E-state index in [1.807, 2.05) is 18.2 Å². The van der Waals surface area contributed by atoms with Crippen LogP contribution in [0.3, 0.4) is 0 Å². The number of nitrogens with one attached hydrogen (secondary N) is 1. The van der Waals surface area contributed by atoms with Gasteiger partial charge in [-0.1, -0.05) is 22.0 Å². The molecule has 3 aromatic rings. The molecule has 3 nitrogen and oxygen atoms in total.